The number of methoxy groups -OCH3 is 2. The monoisotopic (exact) mass is 487 g/mol. The van der Waals surface area contributed by atoms with Crippen molar-refractivity contribution in [1.29, 1.82) is 0 Å². The van der Waals surface area contributed by atoms with Crippen LogP contribution in [-0.2, 0) is 11.3 Å². The SMILES string of the molecule is CCN(CC)CCO/N=C1/C(=C/c2ccc(OC)c(OC)c2Cl)CCc2ccc([N+](=O)[O-])cc21. The second kappa shape index (κ2) is 11.9. The third-order valence-corrected chi connectivity index (χ3v) is 6.31. The number of ether oxygens (including phenoxy) is 2. The van der Waals surface area contributed by atoms with Gasteiger partial charge in [0.2, 0.25) is 0 Å². The van der Waals surface area contributed by atoms with Gasteiger partial charge in [0.05, 0.1) is 24.2 Å². The quantitative estimate of drug-likeness (QED) is 0.255. The second-order valence-corrected chi connectivity index (χ2v) is 8.15. The second-order valence-electron chi connectivity index (χ2n) is 7.77. The van der Waals surface area contributed by atoms with Crippen molar-refractivity contribution in [3.8, 4) is 11.5 Å². The highest BCUT2D eigenvalue weighted by Gasteiger charge is 2.24. The molecule has 0 radical (unpaired) electrons. The standard InChI is InChI=1S/C25H30ClN3O5/c1-5-28(6-2)13-14-34-27-24-19(8-7-17-9-11-20(29(30)31)16-21(17)24)15-18-10-12-22(32-3)25(33-4)23(18)26/h9-12,15-16H,5-8,13-14H2,1-4H3/b19-15+,27-24-. The van der Waals surface area contributed by atoms with Crippen LogP contribution in [0.3, 0.4) is 0 Å². The molecule has 0 fully saturated rings. The summed E-state index contributed by atoms with van der Waals surface area (Å²) in [6.45, 7) is 7.20. The van der Waals surface area contributed by atoms with Gasteiger partial charge in [0.1, 0.15) is 12.3 Å². The van der Waals surface area contributed by atoms with Gasteiger partial charge in [-0.25, -0.2) is 0 Å². The summed E-state index contributed by atoms with van der Waals surface area (Å²) in [5.74, 6) is 0.979. The van der Waals surface area contributed by atoms with E-state index in [9.17, 15) is 10.1 Å². The molecule has 0 saturated heterocycles. The fourth-order valence-corrected chi connectivity index (χ4v) is 4.24. The van der Waals surface area contributed by atoms with Gasteiger partial charge in [-0.15, -0.1) is 0 Å². The lowest BCUT2D eigenvalue weighted by Crippen LogP contribution is -2.26. The summed E-state index contributed by atoms with van der Waals surface area (Å²) >= 11 is 6.60. The number of aryl methyl sites for hydroxylation is 1. The highest BCUT2D eigenvalue weighted by Crippen LogP contribution is 2.39. The van der Waals surface area contributed by atoms with Crippen molar-refractivity contribution < 1.29 is 19.2 Å². The van der Waals surface area contributed by atoms with Gasteiger partial charge in [-0.2, -0.15) is 0 Å². The molecule has 0 amide bonds. The van der Waals surface area contributed by atoms with Crippen molar-refractivity contribution in [3.05, 3.63) is 67.7 Å². The number of non-ortho nitro benzene ring substituents is 1. The number of hydrogen-bond acceptors (Lipinski definition) is 7. The molecule has 8 nitrogen and oxygen atoms in total. The summed E-state index contributed by atoms with van der Waals surface area (Å²) < 4.78 is 10.8. The number of oxime groups is 1. The number of fused-ring (bicyclic) bond motifs is 1. The van der Waals surface area contributed by atoms with Crippen LogP contribution < -0.4 is 9.47 Å². The molecule has 0 heterocycles. The Labute approximate surface area is 204 Å². The lowest BCUT2D eigenvalue weighted by atomic mass is 9.85. The van der Waals surface area contributed by atoms with Crippen molar-refractivity contribution in [1.82, 2.24) is 4.90 Å². The average molecular weight is 488 g/mol. The van der Waals surface area contributed by atoms with E-state index in [2.05, 4.69) is 23.9 Å². The smallest absolute Gasteiger partial charge is 0.270 e. The molecular formula is C25H30ClN3O5. The number of likely N-dealkylation sites (N-methyl/N-ethyl adjacent to an activating group) is 1. The van der Waals surface area contributed by atoms with Crippen LogP contribution in [0.4, 0.5) is 5.69 Å². The Bertz CT molecular complexity index is 1100. The molecule has 0 saturated carbocycles. The third-order valence-electron chi connectivity index (χ3n) is 5.92. The maximum Gasteiger partial charge on any atom is 0.270 e. The van der Waals surface area contributed by atoms with Gasteiger partial charge in [0.25, 0.3) is 5.69 Å². The first-order valence-electron chi connectivity index (χ1n) is 11.2. The first kappa shape index (κ1) is 25.5. The van der Waals surface area contributed by atoms with Crippen molar-refractivity contribution >= 4 is 29.1 Å². The van der Waals surface area contributed by atoms with E-state index in [1.165, 1.54) is 13.2 Å². The number of nitro groups is 1. The van der Waals surface area contributed by atoms with E-state index in [0.29, 0.717) is 40.8 Å². The number of halogens is 1. The fourth-order valence-electron chi connectivity index (χ4n) is 3.95. The molecule has 0 N–H and O–H groups in total. The highest BCUT2D eigenvalue weighted by atomic mass is 35.5. The molecule has 34 heavy (non-hydrogen) atoms. The van der Waals surface area contributed by atoms with E-state index in [0.717, 1.165) is 42.8 Å². The van der Waals surface area contributed by atoms with Gasteiger partial charge >= 0.3 is 0 Å². The first-order chi connectivity index (χ1) is 16.4. The minimum absolute atomic E-state index is 0.0139. The first-order valence-corrected chi connectivity index (χ1v) is 11.6. The molecule has 1 aliphatic rings. The normalized spacial score (nSPS) is 15.5. The third kappa shape index (κ3) is 5.69. The predicted molar refractivity (Wildman–Crippen MR) is 134 cm³/mol. The Morgan fingerprint density at radius 2 is 1.91 bits per heavy atom. The minimum Gasteiger partial charge on any atom is -0.493 e. The number of rotatable bonds is 10. The average Bonchev–Trinajstić information content (AvgIpc) is 2.85. The predicted octanol–water partition coefficient (Wildman–Crippen LogP) is 5.36. The Hall–Kier alpha value is -3.10. The van der Waals surface area contributed by atoms with Crippen molar-refractivity contribution in [2.75, 3.05) is 40.5 Å². The Kier molecular flexibility index (Phi) is 8.90. The van der Waals surface area contributed by atoms with Crippen LogP contribution in [0.1, 0.15) is 37.0 Å². The maximum atomic E-state index is 11.4. The summed E-state index contributed by atoms with van der Waals surface area (Å²) in [5.41, 5.74) is 3.90. The number of nitrogens with zero attached hydrogens (tertiary/aromatic N) is 3. The van der Waals surface area contributed by atoms with Crippen LogP contribution in [0.5, 0.6) is 11.5 Å². The molecule has 0 aromatic heterocycles. The Balaban J connectivity index is 2.03. The molecule has 0 aliphatic heterocycles. The minimum atomic E-state index is -0.400. The number of hydrogen-bond donors (Lipinski definition) is 0. The molecule has 2 aromatic carbocycles. The number of benzene rings is 2. The van der Waals surface area contributed by atoms with Gasteiger partial charge in [-0.3, -0.25) is 10.1 Å². The maximum absolute atomic E-state index is 11.4. The van der Waals surface area contributed by atoms with Crippen LogP contribution in [0, 0.1) is 10.1 Å². The van der Waals surface area contributed by atoms with Crippen molar-refractivity contribution in [3.63, 3.8) is 0 Å². The largest absolute Gasteiger partial charge is 0.493 e. The van der Waals surface area contributed by atoms with E-state index in [4.69, 9.17) is 25.9 Å². The van der Waals surface area contributed by atoms with Gasteiger partial charge in [0, 0.05) is 24.2 Å². The molecule has 9 heteroatoms. The van der Waals surface area contributed by atoms with Gasteiger partial charge in [-0.05, 0) is 60.8 Å². The van der Waals surface area contributed by atoms with Crippen LogP contribution in [0.25, 0.3) is 6.08 Å². The van der Waals surface area contributed by atoms with E-state index < -0.39 is 4.92 Å². The topological polar surface area (TPSA) is 86.4 Å². The van der Waals surface area contributed by atoms with Crippen LogP contribution in [0.2, 0.25) is 5.02 Å². The zero-order valence-electron chi connectivity index (χ0n) is 20.0. The fraction of sp³-hybridized carbons (Fsp3) is 0.400. The summed E-state index contributed by atoms with van der Waals surface area (Å²) in [6, 6.07) is 8.51. The molecule has 0 unspecified atom stereocenters. The molecule has 3 rings (SSSR count). The zero-order chi connectivity index (χ0) is 24.7. The van der Waals surface area contributed by atoms with Gasteiger partial charge in [-0.1, -0.05) is 36.7 Å². The van der Waals surface area contributed by atoms with Crippen LogP contribution >= 0.6 is 11.6 Å². The van der Waals surface area contributed by atoms with E-state index in [1.54, 1.807) is 25.3 Å². The highest BCUT2D eigenvalue weighted by molar-refractivity contribution is 6.34. The summed E-state index contributed by atoms with van der Waals surface area (Å²) in [7, 11) is 3.09. The molecule has 2 aromatic rings. The summed E-state index contributed by atoms with van der Waals surface area (Å²) in [6.07, 6.45) is 3.34. The lowest BCUT2D eigenvalue weighted by molar-refractivity contribution is -0.384. The Morgan fingerprint density at radius 3 is 2.56 bits per heavy atom. The summed E-state index contributed by atoms with van der Waals surface area (Å²) in [4.78, 5) is 19.0. The molecule has 182 valence electrons. The number of allylic oxidation sites excluding steroid dienone is 1. The molecule has 1 aliphatic carbocycles. The van der Waals surface area contributed by atoms with E-state index in [1.807, 2.05) is 12.1 Å². The summed E-state index contributed by atoms with van der Waals surface area (Å²) in [5, 5.41) is 16.3. The lowest BCUT2D eigenvalue weighted by Gasteiger charge is -2.21. The number of nitro benzene ring substituents is 1. The Morgan fingerprint density at radius 1 is 1.15 bits per heavy atom. The van der Waals surface area contributed by atoms with Crippen molar-refractivity contribution in [2.24, 2.45) is 5.16 Å². The van der Waals surface area contributed by atoms with E-state index >= 15 is 0 Å². The molecule has 0 atom stereocenters. The van der Waals surface area contributed by atoms with Gasteiger partial charge < -0.3 is 19.2 Å². The molecule has 0 spiro atoms. The van der Waals surface area contributed by atoms with Crippen LogP contribution in [-0.4, -0.2) is 56.0 Å². The van der Waals surface area contributed by atoms with E-state index in [-0.39, 0.29) is 5.69 Å². The molecular weight excluding hydrogens is 458 g/mol. The zero-order valence-corrected chi connectivity index (χ0v) is 20.7. The molecule has 0 bridgehead atoms. The van der Waals surface area contributed by atoms with Crippen molar-refractivity contribution in [2.45, 2.75) is 26.7 Å². The van der Waals surface area contributed by atoms with Gasteiger partial charge in [0.15, 0.2) is 11.5 Å². The van der Waals surface area contributed by atoms with Crippen LogP contribution in [0.15, 0.2) is 41.1 Å².